The van der Waals surface area contributed by atoms with E-state index in [1.807, 2.05) is 35.7 Å². The van der Waals surface area contributed by atoms with E-state index in [2.05, 4.69) is 17.2 Å². The van der Waals surface area contributed by atoms with Gasteiger partial charge in [0.2, 0.25) is 0 Å². The molecular weight excluding hydrogens is 292 g/mol. The highest BCUT2D eigenvalue weighted by atomic mass is 16.5. The first-order chi connectivity index (χ1) is 11.1. The Hall–Kier alpha value is -2.11. The number of amides is 1. The van der Waals surface area contributed by atoms with Crippen LogP contribution >= 0.6 is 0 Å². The van der Waals surface area contributed by atoms with Crippen LogP contribution < -0.4 is 0 Å². The van der Waals surface area contributed by atoms with E-state index in [1.165, 1.54) is 0 Å². The van der Waals surface area contributed by atoms with Gasteiger partial charge in [-0.3, -0.25) is 9.48 Å². The Labute approximate surface area is 136 Å². The van der Waals surface area contributed by atoms with Crippen molar-refractivity contribution in [1.82, 2.24) is 19.8 Å². The maximum absolute atomic E-state index is 13.0. The van der Waals surface area contributed by atoms with Crippen LogP contribution in [0.2, 0.25) is 0 Å². The van der Waals surface area contributed by atoms with E-state index in [9.17, 15) is 4.79 Å². The van der Waals surface area contributed by atoms with Crippen LogP contribution in [0.15, 0.2) is 16.8 Å². The molecule has 0 bridgehead atoms. The molecule has 2 aromatic rings. The van der Waals surface area contributed by atoms with Gasteiger partial charge in [0.1, 0.15) is 11.5 Å². The van der Waals surface area contributed by atoms with Crippen LogP contribution in [0.25, 0.3) is 0 Å². The zero-order valence-electron chi connectivity index (χ0n) is 14.1. The van der Waals surface area contributed by atoms with E-state index in [0.29, 0.717) is 5.56 Å². The molecule has 1 aliphatic rings. The highest BCUT2D eigenvalue weighted by Gasteiger charge is 2.32. The van der Waals surface area contributed by atoms with Crippen LogP contribution in [0.1, 0.15) is 66.2 Å². The molecule has 1 amide bonds. The Bertz CT molecular complexity index is 689. The molecule has 0 N–H and O–H groups in total. The van der Waals surface area contributed by atoms with Crippen molar-refractivity contribution in [3.8, 4) is 0 Å². The van der Waals surface area contributed by atoms with Crippen LogP contribution in [-0.4, -0.2) is 32.3 Å². The third kappa shape index (κ3) is 3.16. The fraction of sp³-hybridized carbons (Fsp3) is 0.588. The summed E-state index contributed by atoms with van der Waals surface area (Å²) in [5.41, 5.74) is 2.35. The summed E-state index contributed by atoms with van der Waals surface area (Å²) in [5, 5.41) is 8.59. The molecule has 1 fully saturated rings. The standard InChI is InChI=1S/C17H24N4O2/c1-4-8-20-11-14(13(3)18-20)17(22)21-9-6-5-7-16(21)15-10-12(2)23-19-15/h10-11,16H,4-9H2,1-3H3. The first-order valence-electron chi connectivity index (χ1n) is 8.38. The Morgan fingerprint density at radius 1 is 1.39 bits per heavy atom. The van der Waals surface area contributed by atoms with Crippen LogP contribution in [0, 0.1) is 13.8 Å². The average Bonchev–Trinajstić information content (AvgIpc) is 3.13. The minimum absolute atomic E-state index is 0.00243. The molecule has 3 heterocycles. The minimum Gasteiger partial charge on any atom is -0.361 e. The minimum atomic E-state index is 0.00243. The SMILES string of the molecule is CCCn1cc(C(=O)N2CCCCC2c2cc(C)on2)c(C)n1. The molecule has 1 saturated heterocycles. The monoisotopic (exact) mass is 316 g/mol. The van der Waals surface area contributed by atoms with Gasteiger partial charge < -0.3 is 9.42 Å². The highest BCUT2D eigenvalue weighted by Crippen LogP contribution is 2.32. The molecule has 0 aliphatic carbocycles. The second-order valence-electron chi connectivity index (χ2n) is 6.26. The number of nitrogens with zero attached hydrogens (tertiary/aromatic N) is 4. The summed E-state index contributed by atoms with van der Waals surface area (Å²) >= 11 is 0. The van der Waals surface area contributed by atoms with Crippen molar-refractivity contribution >= 4 is 5.91 Å². The molecule has 23 heavy (non-hydrogen) atoms. The lowest BCUT2D eigenvalue weighted by Crippen LogP contribution is -2.38. The van der Waals surface area contributed by atoms with Gasteiger partial charge in [0.15, 0.2) is 0 Å². The largest absolute Gasteiger partial charge is 0.361 e. The number of rotatable bonds is 4. The summed E-state index contributed by atoms with van der Waals surface area (Å²) in [6, 6.07) is 1.94. The molecule has 1 unspecified atom stereocenters. The van der Waals surface area contributed by atoms with Gasteiger partial charge in [0.05, 0.1) is 17.3 Å². The summed E-state index contributed by atoms with van der Waals surface area (Å²) in [7, 11) is 0. The van der Waals surface area contributed by atoms with Gasteiger partial charge >= 0.3 is 0 Å². The summed E-state index contributed by atoms with van der Waals surface area (Å²) in [5.74, 6) is 0.833. The lowest BCUT2D eigenvalue weighted by Gasteiger charge is -2.34. The number of hydrogen-bond donors (Lipinski definition) is 0. The van der Waals surface area contributed by atoms with Gasteiger partial charge in [-0.2, -0.15) is 5.10 Å². The van der Waals surface area contributed by atoms with Crippen LogP contribution in [0.4, 0.5) is 0 Å². The molecule has 124 valence electrons. The fourth-order valence-corrected chi connectivity index (χ4v) is 3.25. The first-order valence-corrected chi connectivity index (χ1v) is 8.38. The van der Waals surface area contributed by atoms with Gasteiger partial charge in [-0.25, -0.2) is 0 Å². The van der Waals surface area contributed by atoms with Gasteiger partial charge in [0, 0.05) is 25.4 Å². The number of carbonyl (C=O) groups is 1. The van der Waals surface area contributed by atoms with E-state index >= 15 is 0 Å². The zero-order valence-corrected chi connectivity index (χ0v) is 14.1. The third-order valence-corrected chi connectivity index (χ3v) is 4.38. The summed E-state index contributed by atoms with van der Waals surface area (Å²) in [6.45, 7) is 7.48. The fourth-order valence-electron chi connectivity index (χ4n) is 3.25. The predicted octanol–water partition coefficient (Wildman–Crippen LogP) is 3.27. The summed E-state index contributed by atoms with van der Waals surface area (Å²) in [4.78, 5) is 15.0. The molecular formula is C17H24N4O2. The number of piperidine rings is 1. The molecule has 6 nitrogen and oxygen atoms in total. The smallest absolute Gasteiger partial charge is 0.257 e. The molecule has 0 aromatic carbocycles. The molecule has 2 aromatic heterocycles. The van der Waals surface area contributed by atoms with E-state index in [-0.39, 0.29) is 11.9 Å². The van der Waals surface area contributed by atoms with Crippen molar-refractivity contribution in [2.24, 2.45) is 0 Å². The van der Waals surface area contributed by atoms with Gasteiger partial charge in [-0.05, 0) is 39.5 Å². The van der Waals surface area contributed by atoms with Gasteiger partial charge in [-0.15, -0.1) is 0 Å². The molecule has 0 radical (unpaired) electrons. The third-order valence-electron chi connectivity index (χ3n) is 4.38. The number of aryl methyl sites for hydroxylation is 3. The normalized spacial score (nSPS) is 18.4. The van der Waals surface area contributed by atoms with E-state index in [1.54, 1.807) is 0 Å². The molecule has 3 rings (SSSR count). The number of aromatic nitrogens is 3. The van der Waals surface area contributed by atoms with Crippen LogP contribution in [0.3, 0.4) is 0 Å². The molecule has 0 saturated carbocycles. The Kier molecular flexibility index (Phi) is 4.50. The quantitative estimate of drug-likeness (QED) is 0.868. The van der Waals surface area contributed by atoms with Crippen molar-refractivity contribution in [2.45, 2.75) is 59.0 Å². The number of carbonyl (C=O) groups excluding carboxylic acids is 1. The highest BCUT2D eigenvalue weighted by molar-refractivity contribution is 5.95. The maximum Gasteiger partial charge on any atom is 0.257 e. The zero-order chi connectivity index (χ0) is 16.4. The molecule has 1 aliphatic heterocycles. The maximum atomic E-state index is 13.0. The van der Waals surface area contributed by atoms with Gasteiger partial charge in [-0.1, -0.05) is 12.1 Å². The lowest BCUT2D eigenvalue weighted by molar-refractivity contribution is 0.0601. The summed E-state index contributed by atoms with van der Waals surface area (Å²) in [6.07, 6.45) is 5.94. The van der Waals surface area contributed by atoms with Crippen molar-refractivity contribution in [3.05, 3.63) is 35.0 Å². The Morgan fingerprint density at radius 3 is 2.91 bits per heavy atom. The first kappa shape index (κ1) is 15.8. The molecule has 1 atom stereocenters. The number of hydrogen-bond acceptors (Lipinski definition) is 4. The van der Waals surface area contributed by atoms with Crippen molar-refractivity contribution in [3.63, 3.8) is 0 Å². The molecule has 0 spiro atoms. The topological polar surface area (TPSA) is 64.2 Å². The average molecular weight is 316 g/mol. The number of likely N-dealkylation sites (tertiary alicyclic amines) is 1. The van der Waals surface area contributed by atoms with E-state index in [4.69, 9.17) is 4.52 Å². The van der Waals surface area contributed by atoms with Crippen molar-refractivity contribution in [1.29, 1.82) is 0 Å². The summed E-state index contributed by atoms with van der Waals surface area (Å²) < 4.78 is 7.07. The second-order valence-corrected chi connectivity index (χ2v) is 6.26. The Balaban J connectivity index is 1.86. The predicted molar refractivity (Wildman–Crippen MR) is 86.1 cm³/mol. The van der Waals surface area contributed by atoms with Crippen LogP contribution in [-0.2, 0) is 6.54 Å². The van der Waals surface area contributed by atoms with Crippen LogP contribution in [0.5, 0.6) is 0 Å². The lowest BCUT2D eigenvalue weighted by atomic mass is 9.98. The van der Waals surface area contributed by atoms with E-state index in [0.717, 1.165) is 55.9 Å². The Morgan fingerprint density at radius 2 is 2.22 bits per heavy atom. The van der Waals surface area contributed by atoms with Crippen molar-refractivity contribution < 1.29 is 9.32 Å². The van der Waals surface area contributed by atoms with Gasteiger partial charge in [0.25, 0.3) is 5.91 Å². The molecule has 6 heteroatoms. The second kappa shape index (κ2) is 6.56. The van der Waals surface area contributed by atoms with Crippen molar-refractivity contribution in [2.75, 3.05) is 6.54 Å². The van der Waals surface area contributed by atoms with E-state index < -0.39 is 0 Å².